The van der Waals surface area contributed by atoms with Crippen molar-refractivity contribution in [3.8, 4) is 5.75 Å². The number of esters is 1. The Morgan fingerprint density at radius 3 is 2.62 bits per heavy atom. The molecule has 1 heterocycles. The van der Waals surface area contributed by atoms with Gasteiger partial charge in [0.05, 0.1) is 19.3 Å². The summed E-state index contributed by atoms with van der Waals surface area (Å²) in [6, 6.07) is 3.15. The van der Waals surface area contributed by atoms with Gasteiger partial charge in [-0.15, -0.1) is 6.58 Å². The fraction of sp³-hybridized carbons (Fsp3) is 0.444. The van der Waals surface area contributed by atoms with Crippen LogP contribution in [0.1, 0.15) is 30.9 Å². The number of nitrogens with zero attached hydrogens (tertiary/aromatic N) is 1. The molecule has 0 radical (unpaired) electrons. The van der Waals surface area contributed by atoms with E-state index < -0.39 is 23.8 Å². The lowest BCUT2D eigenvalue weighted by atomic mass is 10.0. The molecule has 0 aromatic heterocycles. The minimum absolute atomic E-state index is 0.110. The molecule has 0 N–H and O–H groups in total. The van der Waals surface area contributed by atoms with Gasteiger partial charge in [-0.05, 0) is 31.5 Å². The van der Waals surface area contributed by atoms with E-state index in [1.807, 2.05) is 0 Å². The van der Waals surface area contributed by atoms with Crippen LogP contribution < -0.4 is 4.74 Å². The Labute approximate surface area is 155 Å². The zero-order valence-corrected chi connectivity index (χ0v) is 15.4. The summed E-state index contributed by atoms with van der Waals surface area (Å²) in [5.74, 6) is -0.701. The highest BCUT2D eigenvalue weighted by atomic mass is 32.1. The first-order valence-corrected chi connectivity index (χ1v) is 8.43. The van der Waals surface area contributed by atoms with E-state index in [2.05, 4.69) is 11.3 Å². The maximum Gasteiger partial charge on any atom is 0.419 e. The van der Waals surface area contributed by atoms with E-state index in [1.165, 1.54) is 19.2 Å². The molecule has 0 amide bonds. The van der Waals surface area contributed by atoms with E-state index in [0.717, 1.165) is 11.6 Å². The molecule has 1 atom stereocenters. The molecule has 1 saturated heterocycles. The number of hydrogen-bond donors (Lipinski definition) is 0. The van der Waals surface area contributed by atoms with Crippen molar-refractivity contribution in [3.63, 3.8) is 0 Å². The Morgan fingerprint density at radius 1 is 1.42 bits per heavy atom. The highest BCUT2D eigenvalue weighted by molar-refractivity contribution is 7.80. The van der Waals surface area contributed by atoms with Crippen molar-refractivity contribution in [2.24, 2.45) is 0 Å². The summed E-state index contributed by atoms with van der Waals surface area (Å²) in [5.41, 5.74) is 0.144. The maximum atomic E-state index is 13.4. The number of halogens is 3. The van der Waals surface area contributed by atoms with Crippen LogP contribution in [0, 0.1) is 0 Å². The van der Waals surface area contributed by atoms with Gasteiger partial charge in [-0.3, -0.25) is 0 Å². The van der Waals surface area contributed by atoms with Crippen LogP contribution in [0.4, 0.5) is 13.2 Å². The first-order chi connectivity index (χ1) is 12.1. The third kappa shape index (κ3) is 4.55. The average Bonchev–Trinajstić information content (AvgIpc) is 2.52. The van der Waals surface area contributed by atoms with Gasteiger partial charge in [0.1, 0.15) is 16.8 Å². The van der Waals surface area contributed by atoms with Gasteiger partial charge in [-0.25, -0.2) is 4.79 Å². The minimum Gasteiger partial charge on any atom is -0.493 e. The largest absolute Gasteiger partial charge is 0.493 e. The average molecular weight is 387 g/mol. The first kappa shape index (κ1) is 20.2. The zero-order chi connectivity index (χ0) is 19.5. The van der Waals surface area contributed by atoms with Crippen LogP contribution >= 0.6 is 12.2 Å². The second-order valence-electron chi connectivity index (χ2n) is 6.09. The second kappa shape index (κ2) is 8.07. The molecular formula is C18H20F3NO3S. The van der Waals surface area contributed by atoms with E-state index in [9.17, 15) is 18.0 Å². The molecule has 1 fully saturated rings. The summed E-state index contributed by atoms with van der Waals surface area (Å²) < 4.78 is 50.2. The Hall–Kier alpha value is -2.09. The molecule has 4 nitrogen and oxygen atoms in total. The quantitative estimate of drug-likeness (QED) is 0.420. The molecular weight excluding hydrogens is 367 g/mol. The van der Waals surface area contributed by atoms with E-state index >= 15 is 0 Å². The van der Waals surface area contributed by atoms with Crippen LogP contribution in [0.2, 0.25) is 0 Å². The molecule has 0 bridgehead atoms. The monoisotopic (exact) mass is 387 g/mol. The Balaban J connectivity index is 2.23. The van der Waals surface area contributed by atoms with E-state index in [1.54, 1.807) is 11.8 Å². The molecule has 1 aliphatic heterocycles. The van der Waals surface area contributed by atoms with Gasteiger partial charge in [0.2, 0.25) is 0 Å². The van der Waals surface area contributed by atoms with Gasteiger partial charge >= 0.3 is 12.1 Å². The molecule has 0 aliphatic carbocycles. The first-order valence-electron chi connectivity index (χ1n) is 8.02. The van der Waals surface area contributed by atoms with Gasteiger partial charge in [0, 0.05) is 18.5 Å². The highest BCUT2D eigenvalue weighted by Gasteiger charge is 2.39. The topological polar surface area (TPSA) is 38.8 Å². The van der Waals surface area contributed by atoms with E-state index in [4.69, 9.17) is 17.0 Å². The highest BCUT2D eigenvalue weighted by Crippen LogP contribution is 2.37. The molecule has 1 aromatic carbocycles. The van der Waals surface area contributed by atoms with Gasteiger partial charge in [0.25, 0.3) is 0 Å². The maximum absolute atomic E-state index is 13.4. The third-order valence-electron chi connectivity index (χ3n) is 4.07. The standard InChI is InChI=1S/C18H20F3NO3S/c1-11(2)7-9-25-15-5-4-12(10-13(15)18(19,20)21)16(26)22-8-6-14(22)17(23)24-3/h4-5,10,14H,1,6-9H2,2-3H3. The lowest BCUT2D eigenvalue weighted by Crippen LogP contribution is -2.55. The van der Waals surface area contributed by atoms with Crippen LogP contribution in [-0.2, 0) is 15.7 Å². The van der Waals surface area contributed by atoms with Crippen molar-refractivity contribution in [3.05, 3.63) is 41.5 Å². The predicted molar refractivity (Wildman–Crippen MR) is 95.2 cm³/mol. The fourth-order valence-corrected chi connectivity index (χ4v) is 2.87. The number of methoxy groups -OCH3 is 1. The van der Waals surface area contributed by atoms with Crippen LogP contribution in [-0.4, -0.2) is 42.2 Å². The number of hydrogen-bond acceptors (Lipinski definition) is 4. The number of benzene rings is 1. The van der Waals surface area contributed by atoms with Crippen molar-refractivity contribution in [2.45, 2.75) is 32.0 Å². The molecule has 1 aromatic rings. The number of ether oxygens (including phenoxy) is 2. The summed E-state index contributed by atoms with van der Waals surface area (Å²) in [7, 11) is 1.26. The van der Waals surface area contributed by atoms with Crippen LogP contribution in [0.15, 0.2) is 30.4 Å². The summed E-state index contributed by atoms with van der Waals surface area (Å²) in [6.45, 7) is 6.08. The van der Waals surface area contributed by atoms with Crippen LogP contribution in [0.25, 0.3) is 0 Å². The summed E-state index contributed by atoms with van der Waals surface area (Å²) >= 11 is 5.28. The van der Waals surface area contributed by atoms with Crippen molar-refractivity contribution in [1.29, 1.82) is 0 Å². The van der Waals surface area contributed by atoms with Crippen LogP contribution in [0.5, 0.6) is 5.75 Å². The van der Waals surface area contributed by atoms with Gasteiger partial charge in [-0.2, -0.15) is 13.2 Å². The fourth-order valence-electron chi connectivity index (χ4n) is 2.52. The summed E-state index contributed by atoms with van der Waals surface area (Å²) in [6.07, 6.45) is -3.56. The summed E-state index contributed by atoms with van der Waals surface area (Å²) in [5, 5.41) is 0. The molecule has 1 unspecified atom stereocenters. The second-order valence-corrected chi connectivity index (χ2v) is 6.48. The number of thiocarbonyl (C=S) groups is 1. The molecule has 2 rings (SSSR count). The SMILES string of the molecule is C=C(C)CCOc1ccc(C(=S)N2CCC2C(=O)OC)cc1C(F)(F)F. The molecule has 1 aliphatic rings. The smallest absolute Gasteiger partial charge is 0.419 e. The number of likely N-dealkylation sites (tertiary alicyclic amines) is 1. The molecule has 0 saturated carbocycles. The van der Waals surface area contributed by atoms with Gasteiger partial charge < -0.3 is 14.4 Å². The Kier molecular flexibility index (Phi) is 6.28. The molecule has 8 heteroatoms. The van der Waals surface area contributed by atoms with Gasteiger partial charge in [0.15, 0.2) is 0 Å². The van der Waals surface area contributed by atoms with Gasteiger partial charge in [-0.1, -0.05) is 17.8 Å². The minimum atomic E-state index is -4.58. The number of rotatable bonds is 6. The number of carbonyl (C=O) groups excluding carboxylic acids is 1. The third-order valence-corrected chi connectivity index (χ3v) is 4.54. The van der Waals surface area contributed by atoms with Crippen molar-refractivity contribution < 1.29 is 27.4 Å². The molecule has 0 spiro atoms. The molecule has 26 heavy (non-hydrogen) atoms. The number of carbonyl (C=O) groups is 1. The lowest BCUT2D eigenvalue weighted by Gasteiger charge is -2.40. The van der Waals surface area contributed by atoms with E-state index in [0.29, 0.717) is 19.4 Å². The normalized spacial score (nSPS) is 16.7. The Bertz CT molecular complexity index is 718. The molecule has 142 valence electrons. The van der Waals surface area contributed by atoms with Crippen molar-refractivity contribution in [1.82, 2.24) is 4.90 Å². The van der Waals surface area contributed by atoms with Crippen molar-refractivity contribution >= 4 is 23.2 Å². The lowest BCUT2D eigenvalue weighted by molar-refractivity contribution is -0.148. The summed E-state index contributed by atoms with van der Waals surface area (Å²) in [4.78, 5) is 13.4. The van der Waals surface area contributed by atoms with E-state index in [-0.39, 0.29) is 22.9 Å². The predicted octanol–water partition coefficient (Wildman–Crippen LogP) is 3.97. The van der Waals surface area contributed by atoms with Crippen LogP contribution in [0.3, 0.4) is 0 Å². The Morgan fingerprint density at radius 2 is 2.12 bits per heavy atom. The zero-order valence-electron chi connectivity index (χ0n) is 14.6. The van der Waals surface area contributed by atoms with Crippen molar-refractivity contribution in [2.75, 3.05) is 20.3 Å². The number of alkyl halides is 3.